The smallest absolute Gasteiger partial charge is 0.407 e. The molecule has 5 heteroatoms. The molecule has 0 atom stereocenters. The van der Waals surface area contributed by atoms with E-state index in [1.807, 2.05) is 36.1 Å². The van der Waals surface area contributed by atoms with E-state index in [1.165, 1.54) is 6.08 Å². The predicted molar refractivity (Wildman–Crippen MR) is 84.8 cm³/mol. The van der Waals surface area contributed by atoms with Crippen molar-refractivity contribution in [3.63, 3.8) is 0 Å². The van der Waals surface area contributed by atoms with Crippen LogP contribution in [0.4, 0.5) is 4.79 Å². The molecule has 0 radical (unpaired) electrons. The number of carbonyl (C=O) groups excluding carboxylic acids is 2. The standard InChI is InChI=1S/C17H22N2O3/c1-3-12-22-17(21)18-15-8-10-19(11-9-15)16(20)14-6-4-13(2)5-7-14/h3-7,15H,1,8-12H2,2H3,(H,18,21). The van der Waals surface area contributed by atoms with Crippen LogP contribution in [0.2, 0.25) is 0 Å². The number of ether oxygens (including phenoxy) is 1. The summed E-state index contributed by atoms with van der Waals surface area (Å²) in [5.74, 6) is 0.0488. The molecule has 0 bridgehead atoms. The van der Waals surface area contributed by atoms with Crippen LogP contribution in [0.1, 0.15) is 28.8 Å². The number of nitrogens with zero attached hydrogens (tertiary/aromatic N) is 1. The van der Waals surface area contributed by atoms with Crippen molar-refractivity contribution in [1.82, 2.24) is 10.2 Å². The Labute approximate surface area is 130 Å². The van der Waals surface area contributed by atoms with E-state index in [2.05, 4.69) is 11.9 Å². The molecule has 2 amide bonds. The predicted octanol–water partition coefficient (Wildman–Crippen LogP) is 2.51. The van der Waals surface area contributed by atoms with E-state index in [1.54, 1.807) is 0 Å². The van der Waals surface area contributed by atoms with Crippen molar-refractivity contribution in [3.05, 3.63) is 48.0 Å². The molecule has 22 heavy (non-hydrogen) atoms. The van der Waals surface area contributed by atoms with Crippen LogP contribution in [0.25, 0.3) is 0 Å². The van der Waals surface area contributed by atoms with E-state index in [0.717, 1.165) is 18.4 Å². The topological polar surface area (TPSA) is 58.6 Å². The maximum atomic E-state index is 12.4. The van der Waals surface area contributed by atoms with Crippen molar-refractivity contribution in [2.75, 3.05) is 19.7 Å². The Morgan fingerprint density at radius 1 is 1.32 bits per heavy atom. The van der Waals surface area contributed by atoms with E-state index >= 15 is 0 Å². The molecule has 0 unspecified atom stereocenters. The number of rotatable bonds is 4. The first-order valence-corrected chi connectivity index (χ1v) is 7.50. The minimum Gasteiger partial charge on any atom is -0.445 e. The van der Waals surface area contributed by atoms with Gasteiger partial charge in [-0.05, 0) is 31.9 Å². The number of likely N-dealkylation sites (tertiary alicyclic amines) is 1. The molecule has 1 saturated heterocycles. The maximum Gasteiger partial charge on any atom is 0.407 e. The minimum absolute atomic E-state index is 0.0488. The van der Waals surface area contributed by atoms with Crippen LogP contribution in [-0.4, -0.2) is 42.6 Å². The Bertz CT molecular complexity index is 531. The fourth-order valence-corrected chi connectivity index (χ4v) is 2.45. The summed E-state index contributed by atoms with van der Waals surface area (Å²) in [4.78, 5) is 25.7. The van der Waals surface area contributed by atoms with Crippen LogP contribution in [0.3, 0.4) is 0 Å². The first-order chi connectivity index (χ1) is 10.6. The maximum absolute atomic E-state index is 12.4. The van der Waals surface area contributed by atoms with Crippen molar-refractivity contribution in [2.45, 2.75) is 25.8 Å². The van der Waals surface area contributed by atoms with Gasteiger partial charge in [0, 0.05) is 24.7 Å². The lowest BCUT2D eigenvalue weighted by Gasteiger charge is -2.32. The second-order valence-corrected chi connectivity index (χ2v) is 5.46. The molecule has 1 heterocycles. The van der Waals surface area contributed by atoms with Crippen molar-refractivity contribution >= 4 is 12.0 Å². The molecule has 5 nitrogen and oxygen atoms in total. The monoisotopic (exact) mass is 302 g/mol. The number of amides is 2. The van der Waals surface area contributed by atoms with E-state index in [0.29, 0.717) is 18.7 Å². The molecule has 118 valence electrons. The summed E-state index contributed by atoms with van der Waals surface area (Å²) in [5, 5.41) is 2.81. The van der Waals surface area contributed by atoms with Crippen LogP contribution in [0.5, 0.6) is 0 Å². The highest BCUT2D eigenvalue weighted by atomic mass is 16.5. The van der Waals surface area contributed by atoms with Crippen LogP contribution >= 0.6 is 0 Å². The summed E-state index contributed by atoms with van der Waals surface area (Å²) in [6.45, 7) is 6.97. The van der Waals surface area contributed by atoms with E-state index in [9.17, 15) is 9.59 Å². The van der Waals surface area contributed by atoms with Gasteiger partial charge in [-0.3, -0.25) is 4.79 Å². The lowest BCUT2D eigenvalue weighted by molar-refractivity contribution is 0.0703. The quantitative estimate of drug-likeness (QED) is 0.869. The zero-order valence-electron chi connectivity index (χ0n) is 12.9. The first kappa shape index (κ1) is 16.1. The third-order valence-corrected chi connectivity index (χ3v) is 3.73. The molecule has 1 fully saturated rings. The highest BCUT2D eigenvalue weighted by Gasteiger charge is 2.24. The van der Waals surface area contributed by atoms with Gasteiger partial charge in [-0.25, -0.2) is 4.79 Å². The Balaban J connectivity index is 1.81. The van der Waals surface area contributed by atoms with Gasteiger partial charge in [0.25, 0.3) is 5.91 Å². The molecule has 1 aliphatic rings. The van der Waals surface area contributed by atoms with Crippen molar-refractivity contribution in [2.24, 2.45) is 0 Å². The van der Waals surface area contributed by atoms with Gasteiger partial charge in [-0.1, -0.05) is 30.4 Å². The normalized spacial score (nSPS) is 15.2. The molecule has 0 aliphatic carbocycles. The number of piperidine rings is 1. The fourth-order valence-electron chi connectivity index (χ4n) is 2.45. The number of benzene rings is 1. The van der Waals surface area contributed by atoms with Gasteiger partial charge >= 0.3 is 6.09 Å². The average molecular weight is 302 g/mol. The van der Waals surface area contributed by atoms with Gasteiger partial charge in [-0.15, -0.1) is 0 Å². The number of nitrogens with one attached hydrogen (secondary N) is 1. The summed E-state index contributed by atoms with van der Waals surface area (Å²) in [6, 6.07) is 7.65. The second kappa shape index (κ2) is 7.64. The molecule has 0 spiro atoms. The van der Waals surface area contributed by atoms with Crippen LogP contribution < -0.4 is 5.32 Å². The van der Waals surface area contributed by atoms with Gasteiger partial charge in [-0.2, -0.15) is 0 Å². The summed E-state index contributed by atoms with van der Waals surface area (Å²) in [7, 11) is 0. The molecule has 0 saturated carbocycles. The van der Waals surface area contributed by atoms with Gasteiger partial charge in [0.05, 0.1) is 0 Å². The summed E-state index contributed by atoms with van der Waals surface area (Å²) >= 11 is 0. The van der Waals surface area contributed by atoms with Crippen LogP contribution in [0.15, 0.2) is 36.9 Å². The van der Waals surface area contributed by atoms with E-state index < -0.39 is 6.09 Å². The molecule has 1 N–H and O–H groups in total. The molecular weight excluding hydrogens is 280 g/mol. The largest absolute Gasteiger partial charge is 0.445 e. The minimum atomic E-state index is -0.428. The third kappa shape index (κ3) is 4.35. The van der Waals surface area contributed by atoms with E-state index in [-0.39, 0.29) is 18.6 Å². The Morgan fingerprint density at radius 3 is 2.55 bits per heavy atom. The van der Waals surface area contributed by atoms with Crippen LogP contribution in [0, 0.1) is 6.92 Å². The van der Waals surface area contributed by atoms with E-state index in [4.69, 9.17) is 4.74 Å². The third-order valence-electron chi connectivity index (χ3n) is 3.73. The summed E-state index contributed by atoms with van der Waals surface area (Å²) in [6.07, 6.45) is 2.58. The molecule has 1 aromatic rings. The summed E-state index contributed by atoms with van der Waals surface area (Å²) < 4.78 is 4.90. The average Bonchev–Trinajstić information content (AvgIpc) is 2.54. The fraction of sp³-hybridized carbons (Fsp3) is 0.412. The number of hydrogen-bond donors (Lipinski definition) is 1. The molecule has 0 aromatic heterocycles. The number of hydrogen-bond acceptors (Lipinski definition) is 3. The molecule has 1 aliphatic heterocycles. The summed E-state index contributed by atoms with van der Waals surface area (Å²) in [5.41, 5.74) is 1.85. The van der Waals surface area contributed by atoms with Gasteiger partial charge in [0.2, 0.25) is 0 Å². The lowest BCUT2D eigenvalue weighted by Crippen LogP contribution is -2.46. The molecule has 2 rings (SSSR count). The van der Waals surface area contributed by atoms with Gasteiger partial charge < -0.3 is 15.0 Å². The van der Waals surface area contributed by atoms with Crippen molar-refractivity contribution in [1.29, 1.82) is 0 Å². The highest BCUT2D eigenvalue weighted by Crippen LogP contribution is 2.14. The van der Waals surface area contributed by atoms with Gasteiger partial charge in [0.15, 0.2) is 0 Å². The SMILES string of the molecule is C=CCOC(=O)NC1CCN(C(=O)c2ccc(C)cc2)CC1. The lowest BCUT2D eigenvalue weighted by atomic mass is 10.0. The molecule has 1 aromatic carbocycles. The van der Waals surface area contributed by atoms with Gasteiger partial charge in [0.1, 0.15) is 6.61 Å². The Hall–Kier alpha value is -2.30. The number of carbonyl (C=O) groups is 2. The Kier molecular flexibility index (Phi) is 5.58. The highest BCUT2D eigenvalue weighted by molar-refractivity contribution is 5.94. The number of aryl methyl sites for hydroxylation is 1. The molecular formula is C17H22N2O3. The van der Waals surface area contributed by atoms with Crippen molar-refractivity contribution < 1.29 is 14.3 Å². The van der Waals surface area contributed by atoms with Crippen LogP contribution in [-0.2, 0) is 4.74 Å². The zero-order chi connectivity index (χ0) is 15.9. The first-order valence-electron chi connectivity index (χ1n) is 7.50. The Morgan fingerprint density at radius 2 is 1.95 bits per heavy atom. The zero-order valence-corrected chi connectivity index (χ0v) is 12.9. The number of alkyl carbamates (subject to hydrolysis) is 1. The van der Waals surface area contributed by atoms with Crippen molar-refractivity contribution in [3.8, 4) is 0 Å². The second-order valence-electron chi connectivity index (χ2n) is 5.46.